The van der Waals surface area contributed by atoms with Gasteiger partial charge in [0.15, 0.2) is 0 Å². The zero-order valence-corrected chi connectivity index (χ0v) is 14.3. The molecule has 1 aromatic carbocycles. The molecule has 4 heteroatoms. The predicted molar refractivity (Wildman–Crippen MR) is 92.0 cm³/mol. The third kappa shape index (κ3) is 4.99. The number of piperidine rings is 1. The number of nitrogens with one attached hydrogen (secondary N) is 2. The number of hydrogen-bond donors (Lipinski definition) is 2. The average molecular weight is 323 g/mol. The molecule has 122 valence electrons. The van der Waals surface area contributed by atoms with Gasteiger partial charge in [0, 0.05) is 11.4 Å². The van der Waals surface area contributed by atoms with Gasteiger partial charge in [-0.15, -0.1) is 0 Å². The van der Waals surface area contributed by atoms with E-state index in [1.165, 1.54) is 12.8 Å². The lowest BCUT2D eigenvalue weighted by atomic mass is 9.92. The van der Waals surface area contributed by atoms with Gasteiger partial charge in [-0.2, -0.15) is 0 Å². The second-order valence-corrected chi connectivity index (χ2v) is 6.95. The Kier molecular flexibility index (Phi) is 6.71. The molecule has 0 radical (unpaired) electrons. The van der Waals surface area contributed by atoms with E-state index in [4.69, 9.17) is 11.6 Å². The smallest absolute Gasteiger partial charge is 0.220 e. The molecule has 1 aliphatic rings. The first-order valence-corrected chi connectivity index (χ1v) is 8.70. The highest BCUT2D eigenvalue weighted by molar-refractivity contribution is 6.31. The first-order chi connectivity index (χ1) is 10.6. The van der Waals surface area contributed by atoms with E-state index in [2.05, 4.69) is 24.5 Å². The van der Waals surface area contributed by atoms with E-state index in [1.54, 1.807) is 0 Å². The highest BCUT2D eigenvalue weighted by Gasteiger charge is 2.21. The van der Waals surface area contributed by atoms with Gasteiger partial charge in [0.25, 0.3) is 0 Å². The summed E-state index contributed by atoms with van der Waals surface area (Å²) in [7, 11) is 0. The van der Waals surface area contributed by atoms with Crippen LogP contribution >= 0.6 is 11.6 Å². The Balaban J connectivity index is 1.90. The quantitative estimate of drug-likeness (QED) is 0.833. The van der Waals surface area contributed by atoms with E-state index < -0.39 is 0 Å². The Bertz CT molecular complexity index is 484. The number of benzene rings is 1. The van der Waals surface area contributed by atoms with Crippen molar-refractivity contribution in [2.75, 3.05) is 13.1 Å². The Morgan fingerprint density at radius 2 is 2.00 bits per heavy atom. The second-order valence-electron chi connectivity index (χ2n) is 6.54. The van der Waals surface area contributed by atoms with Crippen molar-refractivity contribution < 1.29 is 4.79 Å². The van der Waals surface area contributed by atoms with Crippen LogP contribution in [0, 0.1) is 11.8 Å². The summed E-state index contributed by atoms with van der Waals surface area (Å²) in [5, 5.41) is 7.26. The number of halogens is 1. The summed E-state index contributed by atoms with van der Waals surface area (Å²) in [5.74, 6) is 1.13. The summed E-state index contributed by atoms with van der Waals surface area (Å²) in [6.07, 6.45) is 3.97. The summed E-state index contributed by atoms with van der Waals surface area (Å²) in [6.45, 7) is 6.39. The molecular weight excluding hydrogens is 296 g/mol. The molecule has 0 spiro atoms. The molecule has 22 heavy (non-hydrogen) atoms. The Morgan fingerprint density at radius 1 is 1.32 bits per heavy atom. The summed E-state index contributed by atoms with van der Waals surface area (Å²) >= 11 is 6.29. The van der Waals surface area contributed by atoms with Gasteiger partial charge < -0.3 is 10.6 Å². The van der Waals surface area contributed by atoms with Crippen molar-refractivity contribution >= 4 is 17.5 Å². The normalized spacial score (nSPS) is 17.5. The Labute approximate surface area is 138 Å². The number of hydrogen-bond acceptors (Lipinski definition) is 2. The van der Waals surface area contributed by atoms with E-state index in [9.17, 15) is 4.79 Å². The highest BCUT2D eigenvalue weighted by Crippen LogP contribution is 2.28. The lowest BCUT2D eigenvalue weighted by Gasteiger charge is -2.25. The van der Waals surface area contributed by atoms with E-state index in [0.717, 1.165) is 30.1 Å². The third-order valence-corrected chi connectivity index (χ3v) is 4.81. The van der Waals surface area contributed by atoms with Crippen molar-refractivity contribution in [1.29, 1.82) is 0 Å². The zero-order chi connectivity index (χ0) is 15.9. The first-order valence-electron chi connectivity index (χ1n) is 8.32. The van der Waals surface area contributed by atoms with E-state index >= 15 is 0 Å². The molecule has 1 unspecified atom stereocenters. The van der Waals surface area contributed by atoms with E-state index in [0.29, 0.717) is 18.3 Å². The fourth-order valence-corrected chi connectivity index (χ4v) is 3.34. The van der Waals surface area contributed by atoms with Crippen LogP contribution in [0.3, 0.4) is 0 Å². The van der Waals surface area contributed by atoms with E-state index in [1.807, 2.05) is 24.3 Å². The molecular formula is C18H27ClN2O. The lowest BCUT2D eigenvalue weighted by molar-refractivity contribution is -0.122. The highest BCUT2D eigenvalue weighted by atomic mass is 35.5. The monoisotopic (exact) mass is 322 g/mol. The molecule has 0 saturated carbocycles. The molecule has 0 aromatic heterocycles. The molecule has 2 rings (SSSR count). The fraction of sp³-hybridized carbons (Fsp3) is 0.611. The second kappa shape index (κ2) is 8.54. The summed E-state index contributed by atoms with van der Waals surface area (Å²) in [6, 6.07) is 7.75. The number of amides is 1. The standard InChI is InChI=1S/C18H27ClN2O/c1-13(2)18(15-5-3-4-6-16(15)19)21-17(22)8-7-14-9-11-20-12-10-14/h3-6,13-14,18,20H,7-12H2,1-2H3,(H,21,22). The van der Waals surface area contributed by atoms with Gasteiger partial charge in [-0.3, -0.25) is 4.79 Å². The number of rotatable bonds is 6. The molecule has 1 amide bonds. The van der Waals surface area contributed by atoms with Crippen LogP contribution in [0.15, 0.2) is 24.3 Å². The largest absolute Gasteiger partial charge is 0.349 e. The minimum absolute atomic E-state index is 0.0192. The first kappa shape index (κ1) is 17.3. The molecule has 1 saturated heterocycles. The van der Waals surface area contributed by atoms with Crippen LogP contribution in [-0.2, 0) is 4.79 Å². The van der Waals surface area contributed by atoms with Gasteiger partial charge in [0.05, 0.1) is 6.04 Å². The summed E-state index contributed by atoms with van der Waals surface area (Å²) in [5.41, 5.74) is 1.01. The minimum atomic E-state index is -0.0192. The topological polar surface area (TPSA) is 41.1 Å². The van der Waals surface area contributed by atoms with E-state index in [-0.39, 0.29) is 11.9 Å². The van der Waals surface area contributed by atoms with Gasteiger partial charge in [-0.1, -0.05) is 43.6 Å². The van der Waals surface area contributed by atoms with Crippen molar-refractivity contribution in [2.24, 2.45) is 11.8 Å². The van der Waals surface area contributed by atoms with Gasteiger partial charge in [0.1, 0.15) is 0 Å². The summed E-state index contributed by atoms with van der Waals surface area (Å²) in [4.78, 5) is 12.3. The fourth-order valence-electron chi connectivity index (χ4n) is 3.08. The molecule has 2 N–H and O–H groups in total. The van der Waals surface area contributed by atoms with Crippen LogP contribution in [0.25, 0.3) is 0 Å². The molecule has 1 atom stereocenters. The van der Waals surface area contributed by atoms with Crippen LogP contribution in [0.1, 0.15) is 51.1 Å². The van der Waals surface area contributed by atoms with Crippen molar-refractivity contribution in [2.45, 2.75) is 45.6 Å². The van der Waals surface area contributed by atoms with Gasteiger partial charge >= 0.3 is 0 Å². The Hall–Kier alpha value is -1.06. The van der Waals surface area contributed by atoms with Gasteiger partial charge in [-0.05, 0) is 55.8 Å². The molecule has 1 aromatic rings. The maximum atomic E-state index is 12.3. The van der Waals surface area contributed by atoms with Gasteiger partial charge in [0.2, 0.25) is 5.91 Å². The van der Waals surface area contributed by atoms with Crippen LogP contribution < -0.4 is 10.6 Å². The van der Waals surface area contributed by atoms with Crippen molar-refractivity contribution in [1.82, 2.24) is 10.6 Å². The zero-order valence-electron chi connectivity index (χ0n) is 13.6. The number of carbonyl (C=O) groups excluding carboxylic acids is 1. The molecule has 1 aliphatic heterocycles. The number of carbonyl (C=O) groups is 1. The minimum Gasteiger partial charge on any atom is -0.349 e. The maximum Gasteiger partial charge on any atom is 0.220 e. The lowest BCUT2D eigenvalue weighted by Crippen LogP contribution is -2.33. The predicted octanol–water partition coefficient (Wildman–Crippen LogP) is 3.93. The average Bonchev–Trinajstić information content (AvgIpc) is 2.52. The van der Waals surface area contributed by atoms with Crippen LogP contribution in [0.5, 0.6) is 0 Å². The SMILES string of the molecule is CC(C)C(NC(=O)CCC1CCNCC1)c1ccccc1Cl. The molecule has 0 aliphatic carbocycles. The molecule has 1 fully saturated rings. The van der Waals surface area contributed by atoms with Crippen molar-refractivity contribution in [3.63, 3.8) is 0 Å². The maximum absolute atomic E-state index is 12.3. The summed E-state index contributed by atoms with van der Waals surface area (Å²) < 4.78 is 0. The Morgan fingerprint density at radius 3 is 2.64 bits per heavy atom. The van der Waals surface area contributed by atoms with Crippen molar-refractivity contribution in [3.05, 3.63) is 34.9 Å². The third-order valence-electron chi connectivity index (χ3n) is 4.46. The van der Waals surface area contributed by atoms with Crippen LogP contribution in [-0.4, -0.2) is 19.0 Å². The molecule has 1 heterocycles. The van der Waals surface area contributed by atoms with Crippen LogP contribution in [0.2, 0.25) is 5.02 Å². The van der Waals surface area contributed by atoms with Gasteiger partial charge in [-0.25, -0.2) is 0 Å². The molecule has 3 nitrogen and oxygen atoms in total. The molecule has 0 bridgehead atoms. The van der Waals surface area contributed by atoms with Crippen molar-refractivity contribution in [3.8, 4) is 0 Å². The van der Waals surface area contributed by atoms with Crippen LogP contribution in [0.4, 0.5) is 0 Å².